The second-order valence-corrected chi connectivity index (χ2v) is 7.77. The molecule has 1 N–H and O–H groups in total. The largest absolute Gasteiger partial charge is 0.417 e. The minimum absolute atomic E-state index is 0.0632. The Hall–Kier alpha value is -2.70. The van der Waals surface area contributed by atoms with Crippen molar-refractivity contribution in [1.82, 2.24) is 15.0 Å². The molecule has 0 bridgehead atoms. The Morgan fingerprint density at radius 2 is 2.03 bits per heavy atom. The van der Waals surface area contributed by atoms with Gasteiger partial charge < -0.3 is 4.98 Å². The van der Waals surface area contributed by atoms with Gasteiger partial charge in [-0.2, -0.15) is 13.2 Å². The fraction of sp³-hybridized carbons (Fsp3) is 0.211. The molecule has 0 aliphatic heterocycles. The maximum atomic E-state index is 14.5. The van der Waals surface area contributed by atoms with Crippen LogP contribution in [0.15, 0.2) is 29.2 Å². The molecule has 4 nitrogen and oxygen atoms in total. The summed E-state index contributed by atoms with van der Waals surface area (Å²) in [5, 5.41) is -0.0167. The lowest BCUT2D eigenvalue weighted by Crippen LogP contribution is -2.14. The van der Waals surface area contributed by atoms with E-state index in [-0.39, 0.29) is 5.69 Å². The molecule has 0 spiro atoms. The van der Waals surface area contributed by atoms with E-state index in [4.69, 9.17) is 11.6 Å². The molecule has 2 aromatic heterocycles. The van der Waals surface area contributed by atoms with Crippen molar-refractivity contribution in [3.63, 3.8) is 0 Å². The molecule has 1 fully saturated rings. The zero-order valence-electron chi connectivity index (χ0n) is 14.4. The SMILES string of the molecule is O=c1cc(-c2cnc(C#CC3CC3)s2)nc(-c2c(C(F)(F)F)ccc(Cl)c2F)[nH]1. The summed E-state index contributed by atoms with van der Waals surface area (Å²) in [4.78, 5) is 22.8. The Balaban J connectivity index is 1.82. The van der Waals surface area contributed by atoms with Crippen molar-refractivity contribution in [2.45, 2.75) is 19.0 Å². The Bertz CT molecular complexity index is 1220. The smallest absolute Gasteiger partial charge is 0.306 e. The van der Waals surface area contributed by atoms with Crippen LogP contribution in [0.25, 0.3) is 22.0 Å². The van der Waals surface area contributed by atoms with Crippen LogP contribution >= 0.6 is 22.9 Å². The zero-order chi connectivity index (χ0) is 20.8. The average Bonchev–Trinajstić information content (AvgIpc) is 3.36. The molecule has 0 saturated heterocycles. The number of H-pyrrole nitrogens is 1. The van der Waals surface area contributed by atoms with Crippen LogP contribution < -0.4 is 5.56 Å². The van der Waals surface area contributed by atoms with Crippen LogP contribution in [0.3, 0.4) is 0 Å². The van der Waals surface area contributed by atoms with Crippen molar-refractivity contribution in [1.29, 1.82) is 0 Å². The van der Waals surface area contributed by atoms with Gasteiger partial charge in [0.25, 0.3) is 5.56 Å². The minimum atomic E-state index is -4.87. The number of nitrogens with one attached hydrogen (secondary N) is 1. The lowest BCUT2D eigenvalue weighted by molar-refractivity contribution is -0.137. The molecule has 0 unspecified atom stereocenters. The molecular formula is C19H10ClF4N3OS. The topological polar surface area (TPSA) is 58.6 Å². The molecule has 1 saturated carbocycles. The monoisotopic (exact) mass is 439 g/mol. The summed E-state index contributed by atoms with van der Waals surface area (Å²) in [6.07, 6.45) is -1.34. The summed E-state index contributed by atoms with van der Waals surface area (Å²) >= 11 is 6.81. The van der Waals surface area contributed by atoms with Crippen molar-refractivity contribution in [2.75, 3.05) is 0 Å². The normalized spacial score (nSPS) is 13.8. The van der Waals surface area contributed by atoms with E-state index in [2.05, 4.69) is 26.8 Å². The fourth-order valence-corrected chi connectivity index (χ4v) is 3.46. The number of hydrogen-bond acceptors (Lipinski definition) is 4. The highest BCUT2D eigenvalue weighted by Gasteiger charge is 2.36. The summed E-state index contributed by atoms with van der Waals surface area (Å²) in [6, 6.07) is 2.55. The van der Waals surface area contributed by atoms with E-state index in [0.29, 0.717) is 21.9 Å². The number of thiazole rings is 1. The third-order valence-corrected chi connectivity index (χ3v) is 5.32. The highest BCUT2D eigenvalue weighted by atomic mass is 35.5. The standard InChI is InChI=1S/C19H10ClF4N3OS/c20-11-5-4-10(19(22,23)24)16(17(11)21)18-26-12(7-14(28)27-18)13-8-25-15(29-13)6-3-9-1-2-9/h4-5,7-9H,1-2H2,(H,26,27,28). The molecule has 29 heavy (non-hydrogen) atoms. The van der Waals surface area contributed by atoms with Crippen molar-refractivity contribution >= 4 is 22.9 Å². The Morgan fingerprint density at radius 1 is 1.28 bits per heavy atom. The third kappa shape index (κ3) is 4.18. The molecule has 4 rings (SSSR count). The first-order chi connectivity index (χ1) is 13.7. The number of aromatic amines is 1. The van der Waals surface area contributed by atoms with E-state index in [1.165, 1.54) is 6.20 Å². The third-order valence-electron chi connectivity index (χ3n) is 4.10. The maximum absolute atomic E-state index is 14.5. The van der Waals surface area contributed by atoms with Crippen molar-refractivity contribution in [3.8, 4) is 33.8 Å². The van der Waals surface area contributed by atoms with E-state index in [1.807, 2.05) is 0 Å². The van der Waals surface area contributed by atoms with Gasteiger partial charge in [-0.15, -0.1) is 11.3 Å². The molecule has 1 aliphatic carbocycles. The van der Waals surface area contributed by atoms with E-state index < -0.39 is 39.5 Å². The second-order valence-electron chi connectivity index (χ2n) is 6.33. The second kappa shape index (κ2) is 7.28. The highest BCUT2D eigenvalue weighted by Crippen LogP contribution is 2.39. The summed E-state index contributed by atoms with van der Waals surface area (Å²) in [6.45, 7) is 0. The van der Waals surface area contributed by atoms with Gasteiger partial charge in [-0.3, -0.25) is 4.79 Å². The van der Waals surface area contributed by atoms with Crippen molar-refractivity contribution in [2.24, 2.45) is 5.92 Å². The van der Waals surface area contributed by atoms with Crippen LogP contribution in [-0.2, 0) is 6.18 Å². The van der Waals surface area contributed by atoms with Gasteiger partial charge in [-0.25, -0.2) is 14.4 Å². The lowest BCUT2D eigenvalue weighted by Gasteiger charge is -2.14. The van der Waals surface area contributed by atoms with Gasteiger partial charge >= 0.3 is 6.18 Å². The summed E-state index contributed by atoms with van der Waals surface area (Å²) in [5.41, 5.74) is -2.88. The average molecular weight is 440 g/mol. The number of aromatic nitrogens is 3. The summed E-state index contributed by atoms with van der Waals surface area (Å²) in [5.74, 6) is 4.45. The number of alkyl halides is 3. The first-order valence-electron chi connectivity index (χ1n) is 8.37. The molecule has 148 valence electrons. The van der Waals surface area contributed by atoms with Crippen LogP contribution in [-0.4, -0.2) is 15.0 Å². The minimum Gasteiger partial charge on any atom is -0.306 e. The predicted octanol–water partition coefficient (Wildman–Crippen LogP) is 5.13. The Labute approximate surface area is 170 Å². The number of benzene rings is 1. The molecule has 2 heterocycles. The molecule has 0 amide bonds. The van der Waals surface area contributed by atoms with Crippen LogP contribution in [0.1, 0.15) is 23.4 Å². The van der Waals surface area contributed by atoms with Gasteiger partial charge in [0.05, 0.1) is 26.7 Å². The van der Waals surface area contributed by atoms with Gasteiger partial charge in [0.1, 0.15) is 5.82 Å². The van der Waals surface area contributed by atoms with Gasteiger partial charge in [0.2, 0.25) is 0 Å². The number of rotatable bonds is 2. The summed E-state index contributed by atoms with van der Waals surface area (Å²) < 4.78 is 54.6. The molecule has 10 heteroatoms. The quantitative estimate of drug-likeness (QED) is 0.444. The first-order valence-corrected chi connectivity index (χ1v) is 9.56. The maximum Gasteiger partial charge on any atom is 0.417 e. The number of nitrogens with zero attached hydrogens (tertiary/aromatic N) is 2. The molecule has 1 aromatic carbocycles. The lowest BCUT2D eigenvalue weighted by atomic mass is 10.1. The van der Waals surface area contributed by atoms with E-state index in [0.717, 1.165) is 36.3 Å². The van der Waals surface area contributed by atoms with Crippen molar-refractivity contribution < 1.29 is 17.6 Å². The Kier molecular flexibility index (Phi) is 4.92. The highest BCUT2D eigenvalue weighted by molar-refractivity contribution is 7.15. The fourth-order valence-electron chi connectivity index (χ4n) is 2.56. The zero-order valence-corrected chi connectivity index (χ0v) is 16.0. The van der Waals surface area contributed by atoms with Gasteiger partial charge in [-0.05, 0) is 30.9 Å². The Morgan fingerprint density at radius 3 is 2.72 bits per heavy atom. The van der Waals surface area contributed by atoms with Gasteiger partial charge in [-0.1, -0.05) is 17.5 Å². The van der Waals surface area contributed by atoms with Crippen LogP contribution in [0.5, 0.6) is 0 Å². The number of halogens is 5. The van der Waals surface area contributed by atoms with Crippen molar-refractivity contribution in [3.05, 3.63) is 56.2 Å². The number of hydrogen-bond donors (Lipinski definition) is 1. The van der Waals surface area contributed by atoms with Gasteiger partial charge in [0.15, 0.2) is 10.8 Å². The van der Waals surface area contributed by atoms with Crippen LogP contribution in [0.4, 0.5) is 17.6 Å². The van der Waals surface area contributed by atoms with Crippen LogP contribution in [0.2, 0.25) is 5.02 Å². The summed E-state index contributed by atoms with van der Waals surface area (Å²) in [7, 11) is 0. The van der Waals surface area contributed by atoms with E-state index >= 15 is 0 Å². The predicted molar refractivity (Wildman–Crippen MR) is 101 cm³/mol. The van der Waals surface area contributed by atoms with Gasteiger partial charge in [0, 0.05) is 18.2 Å². The molecule has 1 aliphatic rings. The van der Waals surface area contributed by atoms with E-state index in [1.54, 1.807) is 0 Å². The molecular weight excluding hydrogens is 430 g/mol. The first kappa shape index (κ1) is 19.6. The molecule has 3 aromatic rings. The van der Waals surface area contributed by atoms with E-state index in [9.17, 15) is 22.4 Å². The molecule has 0 radical (unpaired) electrons. The van der Waals surface area contributed by atoms with Crippen LogP contribution in [0, 0.1) is 23.6 Å². The molecule has 0 atom stereocenters.